The molecule has 0 fully saturated rings. The van der Waals surface area contributed by atoms with E-state index in [2.05, 4.69) is 15.3 Å². The molecule has 0 radical (unpaired) electrons. The van der Waals surface area contributed by atoms with E-state index in [1.54, 1.807) is 0 Å². The lowest BCUT2D eigenvalue weighted by molar-refractivity contribution is 0.0695. The number of nitrogens with zero attached hydrogens (tertiary/aromatic N) is 2. The molecule has 2 rings (SSSR count). The Balaban J connectivity index is 2.39. The smallest absolute Gasteiger partial charge is 0.339 e. The average molecular weight is 279 g/mol. The van der Waals surface area contributed by atoms with E-state index in [1.165, 1.54) is 19.9 Å². The topological polar surface area (TPSA) is 75.1 Å². The van der Waals surface area contributed by atoms with Crippen molar-refractivity contribution in [3.05, 3.63) is 46.8 Å². The molecule has 0 amide bonds. The first-order chi connectivity index (χ1) is 9.40. The van der Waals surface area contributed by atoms with Crippen molar-refractivity contribution in [1.29, 1.82) is 0 Å². The lowest BCUT2D eigenvalue weighted by Gasteiger charge is -2.10. The third-order valence-electron chi connectivity index (χ3n) is 2.73. The first kappa shape index (κ1) is 13.9. The Labute approximate surface area is 113 Å². The lowest BCUT2D eigenvalue weighted by Crippen LogP contribution is -2.07. The summed E-state index contributed by atoms with van der Waals surface area (Å²) in [6.07, 6.45) is 1.08. The Kier molecular flexibility index (Phi) is 3.60. The van der Waals surface area contributed by atoms with Gasteiger partial charge in [-0.1, -0.05) is 6.07 Å². The van der Waals surface area contributed by atoms with Gasteiger partial charge in [0.2, 0.25) is 5.95 Å². The first-order valence-electron chi connectivity index (χ1n) is 5.68. The Morgan fingerprint density at radius 1 is 1.30 bits per heavy atom. The summed E-state index contributed by atoms with van der Waals surface area (Å²) >= 11 is 0. The monoisotopic (exact) mass is 279 g/mol. The number of hydrogen-bond acceptors (Lipinski definition) is 4. The molecular weight excluding hydrogens is 268 g/mol. The third-order valence-corrected chi connectivity index (χ3v) is 2.73. The molecule has 0 atom stereocenters. The van der Waals surface area contributed by atoms with E-state index < -0.39 is 17.6 Å². The highest BCUT2D eigenvalue weighted by molar-refractivity contribution is 5.88. The maximum atomic E-state index is 13.8. The number of benzene rings is 1. The van der Waals surface area contributed by atoms with E-state index in [4.69, 9.17) is 5.11 Å². The summed E-state index contributed by atoms with van der Waals surface area (Å²) in [5.74, 6) is -2.76. The minimum Gasteiger partial charge on any atom is -0.478 e. The maximum absolute atomic E-state index is 13.8. The highest BCUT2D eigenvalue weighted by Gasteiger charge is 2.14. The highest BCUT2D eigenvalue weighted by atomic mass is 19.1. The fourth-order valence-electron chi connectivity index (χ4n) is 1.62. The summed E-state index contributed by atoms with van der Waals surface area (Å²) in [6.45, 7) is 2.97. The fraction of sp³-hybridized carbons (Fsp3) is 0.154. The normalized spacial score (nSPS) is 10.4. The summed E-state index contributed by atoms with van der Waals surface area (Å²) in [7, 11) is 0. The lowest BCUT2D eigenvalue weighted by atomic mass is 10.2. The molecule has 0 aliphatic heterocycles. The van der Waals surface area contributed by atoms with Crippen LogP contribution in [0, 0.1) is 25.5 Å². The molecular formula is C13H11F2N3O2. The molecule has 0 spiro atoms. The van der Waals surface area contributed by atoms with Gasteiger partial charge in [-0.25, -0.2) is 23.5 Å². The molecule has 0 aliphatic rings. The number of rotatable bonds is 3. The van der Waals surface area contributed by atoms with E-state index >= 15 is 0 Å². The number of anilines is 2. The zero-order valence-corrected chi connectivity index (χ0v) is 10.7. The number of aromatic nitrogens is 2. The average Bonchev–Trinajstić information content (AvgIpc) is 2.39. The largest absolute Gasteiger partial charge is 0.478 e. The van der Waals surface area contributed by atoms with Crippen LogP contribution in [0.2, 0.25) is 0 Å². The summed E-state index contributed by atoms with van der Waals surface area (Å²) in [5, 5.41) is 11.3. The van der Waals surface area contributed by atoms with Crippen molar-refractivity contribution < 1.29 is 18.7 Å². The Morgan fingerprint density at radius 3 is 2.60 bits per heavy atom. The molecule has 2 N–H and O–H groups in total. The third kappa shape index (κ3) is 2.56. The first-order valence-corrected chi connectivity index (χ1v) is 5.68. The zero-order valence-electron chi connectivity index (χ0n) is 10.7. The molecule has 7 heteroatoms. The number of hydrogen-bond donors (Lipinski definition) is 2. The van der Waals surface area contributed by atoms with Crippen molar-refractivity contribution in [3.8, 4) is 0 Å². The number of carbonyl (C=O) groups is 1. The van der Waals surface area contributed by atoms with Crippen molar-refractivity contribution in [2.24, 2.45) is 0 Å². The number of carboxylic acid groups (broad SMARTS) is 1. The molecule has 1 heterocycles. The summed E-state index contributed by atoms with van der Waals surface area (Å²) in [4.78, 5) is 18.4. The van der Waals surface area contributed by atoms with Crippen LogP contribution >= 0.6 is 0 Å². The van der Waals surface area contributed by atoms with Crippen LogP contribution < -0.4 is 5.32 Å². The van der Waals surface area contributed by atoms with Crippen LogP contribution in [0.1, 0.15) is 21.6 Å². The summed E-state index contributed by atoms with van der Waals surface area (Å²) in [6, 6.07) is 2.44. The second-order valence-electron chi connectivity index (χ2n) is 4.18. The molecule has 0 saturated heterocycles. The second kappa shape index (κ2) is 5.20. The van der Waals surface area contributed by atoms with Crippen LogP contribution in [0.25, 0.3) is 0 Å². The molecule has 0 aliphatic carbocycles. The van der Waals surface area contributed by atoms with Crippen LogP contribution in [0.3, 0.4) is 0 Å². The summed E-state index contributed by atoms with van der Waals surface area (Å²) in [5.41, 5.74) is 0.0319. The molecule has 0 saturated carbocycles. The number of aryl methyl sites for hydroxylation is 2. The van der Waals surface area contributed by atoms with Gasteiger partial charge in [0.25, 0.3) is 0 Å². The molecule has 104 valence electrons. The van der Waals surface area contributed by atoms with E-state index in [0.717, 1.165) is 12.3 Å². The minimum atomic E-state index is -1.16. The Hall–Kier alpha value is -2.57. The molecule has 5 nitrogen and oxygen atoms in total. The van der Waals surface area contributed by atoms with Crippen molar-refractivity contribution in [2.75, 3.05) is 5.32 Å². The molecule has 1 aromatic carbocycles. The molecule has 20 heavy (non-hydrogen) atoms. The Bertz CT molecular complexity index is 690. The zero-order chi connectivity index (χ0) is 14.9. The number of carboxylic acids is 1. The van der Waals surface area contributed by atoms with Crippen LogP contribution in [-0.2, 0) is 0 Å². The molecule has 1 aromatic heterocycles. The number of halogens is 2. The van der Waals surface area contributed by atoms with Gasteiger partial charge in [-0.3, -0.25) is 0 Å². The second-order valence-corrected chi connectivity index (χ2v) is 4.18. The molecule has 0 unspecified atom stereocenters. The predicted octanol–water partition coefficient (Wildman–Crippen LogP) is 2.81. The fourth-order valence-corrected chi connectivity index (χ4v) is 1.62. The van der Waals surface area contributed by atoms with Gasteiger partial charge in [0.15, 0.2) is 5.82 Å². The van der Waals surface area contributed by atoms with E-state index in [1.807, 2.05) is 0 Å². The van der Waals surface area contributed by atoms with Crippen molar-refractivity contribution in [2.45, 2.75) is 13.8 Å². The predicted molar refractivity (Wildman–Crippen MR) is 68.1 cm³/mol. The standard InChI is InChI=1S/C13H11F2N3O2/c1-6-3-4-9(14)11(10(6)15)18-13-16-5-8(12(19)20)7(2)17-13/h3-5H,1-2H3,(H,19,20)(H,16,17,18). The van der Waals surface area contributed by atoms with Crippen molar-refractivity contribution >= 4 is 17.6 Å². The Morgan fingerprint density at radius 2 is 2.00 bits per heavy atom. The quantitative estimate of drug-likeness (QED) is 0.903. The van der Waals surface area contributed by atoms with Crippen LogP contribution in [0.4, 0.5) is 20.4 Å². The SMILES string of the molecule is Cc1ccc(F)c(Nc2ncc(C(=O)O)c(C)n2)c1F. The van der Waals surface area contributed by atoms with Crippen LogP contribution in [-0.4, -0.2) is 21.0 Å². The van der Waals surface area contributed by atoms with E-state index in [9.17, 15) is 13.6 Å². The van der Waals surface area contributed by atoms with Crippen molar-refractivity contribution in [1.82, 2.24) is 9.97 Å². The maximum Gasteiger partial charge on any atom is 0.339 e. The van der Waals surface area contributed by atoms with Crippen LogP contribution in [0.5, 0.6) is 0 Å². The van der Waals surface area contributed by atoms with E-state index in [-0.39, 0.29) is 28.5 Å². The molecule has 0 bridgehead atoms. The van der Waals surface area contributed by atoms with Gasteiger partial charge in [-0.2, -0.15) is 0 Å². The van der Waals surface area contributed by atoms with Gasteiger partial charge < -0.3 is 10.4 Å². The van der Waals surface area contributed by atoms with Gasteiger partial charge in [0, 0.05) is 6.20 Å². The van der Waals surface area contributed by atoms with Gasteiger partial charge in [-0.15, -0.1) is 0 Å². The van der Waals surface area contributed by atoms with Crippen LogP contribution in [0.15, 0.2) is 18.3 Å². The van der Waals surface area contributed by atoms with Gasteiger partial charge in [0.1, 0.15) is 11.5 Å². The number of aromatic carboxylic acids is 1. The molecule has 2 aromatic rings. The van der Waals surface area contributed by atoms with E-state index in [0.29, 0.717) is 0 Å². The minimum absolute atomic E-state index is 0.0688. The van der Waals surface area contributed by atoms with Gasteiger partial charge >= 0.3 is 5.97 Å². The van der Waals surface area contributed by atoms with Gasteiger partial charge in [0.05, 0.1) is 11.3 Å². The summed E-state index contributed by atoms with van der Waals surface area (Å²) < 4.78 is 27.4. The van der Waals surface area contributed by atoms with Gasteiger partial charge in [-0.05, 0) is 25.5 Å². The number of nitrogens with one attached hydrogen (secondary N) is 1. The highest BCUT2D eigenvalue weighted by Crippen LogP contribution is 2.24. The van der Waals surface area contributed by atoms with Crippen molar-refractivity contribution in [3.63, 3.8) is 0 Å².